The predicted octanol–water partition coefficient (Wildman–Crippen LogP) is 1.70. The van der Waals surface area contributed by atoms with Crippen molar-refractivity contribution in [2.75, 3.05) is 7.11 Å². The molecule has 7 nitrogen and oxygen atoms in total. The van der Waals surface area contributed by atoms with Gasteiger partial charge in [0, 0.05) is 0 Å². The molecule has 1 N–H and O–H groups in total. The van der Waals surface area contributed by atoms with E-state index in [4.69, 9.17) is 18.9 Å². The number of hydrogen-bond acceptors (Lipinski definition) is 7. The standard InChI is InChI=1S/C21H26O7/c1-11(14(22)25-5)20(24)7-6-19-13-10-12(17(2,3)4)18(19)8-9-26-16(18)28-21(19,20)15(23)27-13/h6-9,11-13,16,24H,10H2,1-5H3/t11-,12+,13-,16+,18-,19?,20+,21-/m1/s1. The second-order valence-corrected chi connectivity index (χ2v) is 9.82. The zero-order valence-electron chi connectivity index (χ0n) is 16.7. The third kappa shape index (κ3) is 1.46. The lowest BCUT2D eigenvalue weighted by Gasteiger charge is -2.45. The van der Waals surface area contributed by atoms with Crippen LogP contribution in [0.4, 0.5) is 0 Å². The molecule has 2 saturated heterocycles. The summed E-state index contributed by atoms with van der Waals surface area (Å²) >= 11 is 0. The molecule has 1 saturated carbocycles. The van der Waals surface area contributed by atoms with Crippen LogP contribution in [0.3, 0.4) is 0 Å². The monoisotopic (exact) mass is 390 g/mol. The molecule has 2 aliphatic carbocycles. The van der Waals surface area contributed by atoms with Crippen LogP contribution in [0.1, 0.15) is 34.1 Å². The van der Waals surface area contributed by atoms with Crippen LogP contribution in [-0.4, -0.2) is 47.8 Å². The van der Waals surface area contributed by atoms with Crippen molar-refractivity contribution < 1.29 is 33.6 Å². The van der Waals surface area contributed by atoms with E-state index in [0.29, 0.717) is 6.42 Å². The van der Waals surface area contributed by atoms with Crippen LogP contribution in [0.2, 0.25) is 0 Å². The molecule has 152 valence electrons. The Morgan fingerprint density at radius 2 is 2.04 bits per heavy atom. The third-order valence-electron chi connectivity index (χ3n) is 8.01. The van der Waals surface area contributed by atoms with Crippen LogP contribution < -0.4 is 0 Å². The van der Waals surface area contributed by atoms with Crippen LogP contribution in [0.25, 0.3) is 0 Å². The number of rotatable bonds is 2. The Kier molecular flexibility index (Phi) is 3.13. The molecule has 3 aliphatic heterocycles. The van der Waals surface area contributed by atoms with Gasteiger partial charge in [-0.1, -0.05) is 32.9 Å². The fourth-order valence-electron chi connectivity index (χ4n) is 6.88. The van der Waals surface area contributed by atoms with E-state index in [1.54, 1.807) is 19.3 Å². The van der Waals surface area contributed by atoms with Crippen molar-refractivity contribution in [2.24, 2.45) is 28.1 Å². The molecular formula is C21H26O7. The smallest absolute Gasteiger partial charge is 0.343 e. The average Bonchev–Trinajstić information content (AvgIpc) is 3.33. The summed E-state index contributed by atoms with van der Waals surface area (Å²) in [5, 5.41) is 11.8. The van der Waals surface area contributed by atoms with E-state index in [1.807, 2.05) is 12.2 Å². The van der Waals surface area contributed by atoms with Gasteiger partial charge in [0.05, 0.1) is 30.1 Å². The van der Waals surface area contributed by atoms with Gasteiger partial charge in [0.2, 0.25) is 11.9 Å². The van der Waals surface area contributed by atoms with Crippen LogP contribution in [0.5, 0.6) is 0 Å². The Morgan fingerprint density at radius 1 is 1.32 bits per heavy atom. The van der Waals surface area contributed by atoms with E-state index in [2.05, 4.69) is 20.8 Å². The van der Waals surface area contributed by atoms with Gasteiger partial charge in [0.25, 0.3) is 0 Å². The predicted molar refractivity (Wildman–Crippen MR) is 95.4 cm³/mol. The van der Waals surface area contributed by atoms with Gasteiger partial charge in [-0.3, -0.25) is 4.79 Å². The fourth-order valence-corrected chi connectivity index (χ4v) is 6.88. The van der Waals surface area contributed by atoms with Crippen LogP contribution >= 0.6 is 0 Å². The zero-order valence-corrected chi connectivity index (χ0v) is 16.7. The minimum atomic E-state index is -1.90. The second-order valence-electron chi connectivity index (χ2n) is 9.82. The molecule has 7 heteroatoms. The molecule has 0 aromatic carbocycles. The maximum absolute atomic E-state index is 13.3. The minimum absolute atomic E-state index is 0.0872. The molecule has 2 spiro atoms. The molecule has 3 fully saturated rings. The fraction of sp³-hybridized carbons (Fsp3) is 0.714. The number of aliphatic hydroxyl groups is 1. The van der Waals surface area contributed by atoms with E-state index in [9.17, 15) is 14.7 Å². The first-order valence-electron chi connectivity index (χ1n) is 9.75. The number of carbonyl (C=O) groups excluding carboxylic acids is 2. The Balaban J connectivity index is 1.77. The Labute approximate surface area is 163 Å². The lowest BCUT2D eigenvalue weighted by Crippen LogP contribution is -2.65. The molecule has 0 aromatic heterocycles. The van der Waals surface area contributed by atoms with Gasteiger partial charge in [0.15, 0.2) is 0 Å². The van der Waals surface area contributed by atoms with E-state index in [0.717, 1.165) is 0 Å². The van der Waals surface area contributed by atoms with Crippen LogP contribution in [-0.2, 0) is 28.5 Å². The molecule has 0 radical (unpaired) electrons. The summed E-state index contributed by atoms with van der Waals surface area (Å²) in [4.78, 5) is 25.6. The highest BCUT2D eigenvalue weighted by atomic mass is 16.7. The van der Waals surface area contributed by atoms with Gasteiger partial charge in [-0.05, 0) is 30.8 Å². The molecule has 3 heterocycles. The molecule has 0 aromatic rings. The Bertz CT molecular complexity index is 840. The topological polar surface area (TPSA) is 91.3 Å². The highest BCUT2D eigenvalue weighted by molar-refractivity contribution is 5.92. The number of ether oxygens (including phenoxy) is 4. The number of methoxy groups -OCH3 is 1. The summed E-state index contributed by atoms with van der Waals surface area (Å²) in [7, 11) is 1.26. The first kappa shape index (κ1) is 18.2. The highest BCUT2D eigenvalue weighted by Crippen LogP contribution is 2.81. The zero-order chi connectivity index (χ0) is 20.3. The molecule has 1 unspecified atom stereocenters. The molecule has 8 atom stereocenters. The lowest BCUT2D eigenvalue weighted by molar-refractivity contribution is -0.227. The second kappa shape index (κ2) is 4.82. The molecule has 5 aliphatic rings. The summed E-state index contributed by atoms with van der Waals surface area (Å²) in [6.45, 7) is 7.99. The SMILES string of the molecule is COC(=O)[C@@H](C)[C@@]1(O)C=CC23[C@H]4C[C@@H](C(C)(C)C)[C@@]25C=CO[C@H]5O[C@]31C(=O)O4. The summed E-state index contributed by atoms with van der Waals surface area (Å²) in [5.74, 6) is -2.19. The largest absolute Gasteiger partial charge is 0.472 e. The van der Waals surface area contributed by atoms with E-state index >= 15 is 0 Å². The summed E-state index contributed by atoms with van der Waals surface area (Å²) in [6, 6.07) is 0. The van der Waals surface area contributed by atoms with Crippen LogP contribution in [0.15, 0.2) is 24.5 Å². The quantitative estimate of drug-likeness (QED) is 0.567. The van der Waals surface area contributed by atoms with Gasteiger partial charge in [-0.25, -0.2) is 4.79 Å². The van der Waals surface area contributed by atoms with Crippen molar-refractivity contribution >= 4 is 11.9 Å². The van der Waals surface area contributed by atoms with E-state index < -0.39 is 52.3 Å². The molecule has 0 bridgehead atoms. The molecular weight excluding hydrogens is 364 g/mol. The average molecular weight is 390 g/mol. The van der Waals surface area contributed by atoms with Crippen molar-refractivity contribution in [2.45, 2.75) is 57.7 Å². The van der Waals surface area contributed by atoms with E-state index in [1.165, 1.54) is 7.11 Å². The molecule has 28 heavy (non-hydrogen) atoms. The van der Waals surface area contributed by atoms with Crippen molar-refractivity contribution in [1.82, 2.24) is 0 Å². The first-order chi connectivity index (χ1) is 13.0. The molecule has 5 rings (SSSR count). The summed E-state index contributed by atoms with van der Waals surface area (Å²) in [6.07, 6.45) is 6.46. The van der Waals surface area contributed by atoms with Gasteiger partial charge in [-0.15, -0.1) is 0 Å². The number of carbonyl (C=O) groups is 2. The first-order valence-corrected chi connectivity index (χ1v) is 9.75. The third-order valence-corrected chi connectivity index (χ3v) is 8.01. The number of esters is 2. The van der Waals surface area contributed by atoms with E-state index in [-0.39, 0.29) is 11.3 Å². The van der Waals surface area contributed by atoms with Crippen molar-refractivity contribution in [3.63, 3.8) is 0 Å². The van der Waals surface area contributed by atoms with Gasteiger partial charge in [-0.2, -0.15) is 0 Å². The van der Waals surface area contributed by atoms with Crippen molar-refractivity contribution in [1.29, 1.82) is 0 Å². The van der Waals surface area contributed by atoms with Gasteiger partial charge >= 0.3 is 11.9 Å². The van der Waals surface area contributed by atoms with Gasteiger partial charge < -0.3 is 24.1 Å². The maximum atomic E-state index is 13.3. The van der Waals surface area contributed by atoms with Gasteiger partial charge in [0.1, 0.15) is 11.7 Å². The normalized spacial score (nSPS) is 50.8. The lowest BCUT2D eigenvalue weighted by atomic mass is 9.53. The molecule has 0 amide bonds. The minimum Gasteiger partial charge on any atom is -0.472 e. The van der Waals surface area contributed by atoms with Crippen molar-refractivity contribution in [3.05, 3.63) is 24.5 Å². The summed E-state index contributed by atoms with van der Waals surface area (Å²) in [5.41, 5.74) is -5.37. The maximum Gasteiger partial charge on any atom is 0.343 e. The Morgan fingerprint density at radius 3 is 2.68 bits per heavy atom. The number of hydrogen-bond donors (Lipinski definition) is 1. The highest BCUT2D eigenvalue weighted by Gasteiger charge is 2.94. The summed E-state index contributed by atoms with van der Waals surface area (Å²) < 4.78 is 22.9. The van der Waals surface area contributed by atoms with Crippen molar-refractivity contribution in [3.8, 4) is 0 Å². The van der Waals surface area contributed by atoms with Crippen LogP contribution in [0, 0.1) is 28.1 Å². The Hall–Kier alpha value is -1.86.